The Labute approximate surface area is 138 Å². The van der Waals surface area contributed by atoms with E-state index in [1.165, 1.54) is 16.4 Å². The molecule has 0 aliphatic carbocycles. The summed E-state index contributed by atoms with van der Waals surface area (Å²) in [5, 5.41) is 14.4. The molecular formula is C18H13N3OS. The molecule has 0 unspecified atom stereocenters. The van der Waals surface area contributed by atoms with Crippen LogP contribution in [-0.4, -0.2) is 21.9 Å². The van der Waals surface area contributed by atoms with Crippen LogP contribution in [0.25, 0.3) is 11.3 Å². The summed E-state index contributed by atoms with van der Waals surface area (Å²) < 4.78 is 1.33. The van der Waals surface area contributed by atoms with Crippen molar-refractivity contribution in [2.24, 2.45) is 0 Å². The van der Waals surface area contributed by atoms with E-state index in [0.717, 1.165) is 5.56 Å². The summed E-state index contributed by atoms with van der Waals surface area (Å²) in [5.41, 5.74) is 2.28. The second kappa shape index (κ2) is 6.51. The number of thioether (sulfide) groups is 1. The van der Waals surface area contributed by atoms with Crippen molar-refractivity contribution in [1.82, 2.24) is 9.78 Å². The standard InChI is InChI=1S/C18H13N3OS/c1-23-17-15(12-19)16(13-8-4-2-5-9-13)21(20-17)18(22)14-10-6-3-7-11-14/h2-11H,1H3. The third-order valence-electron chi connectivity index (χ3n) is 3.42. The maximum Gasteiger partial charge on any atom is 0.278 e. The predicted molar refractivity (Wildman–Crippen MR) is 90.3 cm³/mol. The third kappa shape index (κ3) is 2.77. The molecule has 3 aromatic rings. The number of hydrogen-bond acceptors (Lipinski definition) is 4. The highest BCUT2D eigenvalue weighted by Gasteiger charge is 2.23. The zero-order valence-electron chi connectivity index (χ0n) is 12.4. The molecule has 3 rings (SSSR count). The van der Waals surface area contributed by atoms with E-state index in [1.54, 1.807) is 24.3 Å². The normalized spacial score (nSPS) is 10.3. The average Bonchev–Trinajstić information content (AvgIpc) is 3.01. The maximum absolute atomic E-state index is 12.8. The molecule has 0 fully saturated rings. The molecule has 0 bridgehead atoms. The molecule has 4 nitrogen and oxygen atoms in total. The molecule has 0 saturated heterocycles. The molecular weight excluding hydrogens is 306 g/mol. The van der Waals surface area contributed by atoms with Crippen LogP contribution in [0.3, 0.4) is 0 Å². The number of aromatic nitrogens is 2. The number of hydrogen-bond donors (Lipinski definition) is 0. The van der Waals surface area contributed by atoms with E-state index in [4.69, 9.17) is 0 Å². The second-order valence-electron chi connectivity index (χ2n) is 4.79. The molecule has 23 heavy (non-hydrogen) atoms. The van der Waals surface area contributed by atoms with Gasteiger partial charge >= 0.3 is 0 Å². The van der Waals surface area contributed by atoms with Crippen molar-refractivity contribution < 1.29 is 4.79 Å². The van der Waals surface area contributed by atoms with Crippen LogP contribution in [0, 0.1) is 11.3 Å². The number of carbonyl (C=O) groups excluding carboxylic acids is 1. The summed E-state index contributed by atoms with van der Waals surface area (Å²) in [6, 6.07) is 20.5. The van der Waals surface area contributed by atoms with Crippen molar-refractivity contribution in [3.8, 4) is 17.3 Å². The lowest BCUT2D eigenvalue weighted by molar-refractivity contribution is 0.0946. The van der Waals surface area contributed by atoms with Crippen LogP contribution in [0.15, 0.2) is 65.7 Å². The van der Waals surface area contributed by atoms with Crippen molar-refractivity contribution in [3.63, 3.8) is 0 Å². The number of benzene rings is 2. The van der Waals surface area contributed by atoms with Gasteiger partial charge in [0.2, 0.25) is 0 Å². The van der Waals surface area contributed by atoms with Crippen molar-refractivity contribution in [2.45, 2.75) is 5.03 Å². The van der Waals surface area contributed by atoms with Crippen molar-refractivity contribution in [3.05, 3.63) is 71.8 Å². The molecule has 2 aromatic carbocycles. The lowest BCUT2D eigenvalue weighted by atomic mass is 10.1. The minimum absolute atomic E-state index is 0.249. The topological polar surface area (TPSA) is 58.7 Å². The Balaban J connectivity index is 2.23. The molecule has 0 aliphatic heterocycles. The molecule has 0 radical (unpaired) electrons. The summed E-state index contributed by atoms with van der Waals surface area (Å²) in [6.45, 7) is 0. The Hall–Kier alpha value is -2.84. The van der Waals surface area contributed by atoms with Gasteiger partial charge in [0.15, 0.2) is 0 Å². The van der Waals surface area contributed by atoms with Crippen molar-refractivity contribution >= 4 is 17.7 Å². The molecule has 0 spiro atoms. The Morgan fingerprint density at radius 1 is 1.09 bits per heavy atom. The Morgan fingerprint density at radius 3 is 2.26 bits per heavy atom. The molecule has 1 heterocycles. The van der Waals surface area contributed by atoms with Gasteiger partial charge in [-0.25, -0.2) is 0 Å². The summed E-state index contributed by atoms with van der Waals surface area (Å²) in [4.78, 5) is 12.8. The van der Waals surface area contributed by atoms with E-state index in [-0.39, 0.29) is 5.91 Å². The monoisotopic (exact) mass is 319 g/mol. The largest absolute Gasteiger partial charge is 0.278 e. The summed E-state index contributed by atoms with van der Waals surface area (Å²) >= 11 is 1.36. The molecule has 1 aromatic heterocycles. The fourth-order valence-electron chi connectivity index (χ4n) is 2.35. The molecule has 112 valence electrons. The first-order valence-electron chi connectivity index (χ1n) is 6.98. The first-order chi connectivity index (χ1) is 11.3. The summed E-state index contributed by atoms with van der Waals surface area (Å²) in [5.74, 6) is -0.249. The van der Waals surface area contributed by atoms with E-state index >= 15 is 0 Å². The highest BCUT2D eigenvalue weighted by atomic mass is 32.2. The zero-order valence-corrected chi connectivity index (χ0v) is 13.2. The third-order valence-corrected chi connectivity index (χ3v) is 4.09. The Kier molecular flexibility index (Phi) is 4.26. The Bertz CT molecular complexity index is 880. The van der Waals surface area contributed by atoms with Gasteiger partial charge in [-0.2, -0.15) is 15.0 Å². The van der Waals surface area contributed by atoms with E-state index in [1.807, 2.05) is 42.7 Å². The van der Waals surface area contributed by atoms with E-state index < -0.39 is 0 Å². The van der Waals surface area contributed by atoms with Crippen LogP contribution in [0.5, 0.6) is 0 Å². The van der Waals surface area contributed by atoms with Gasteiger partial charge in [-0.1, -0.05) is 48.5 Å². The maximum atomic E-state index is 12.8. The number of nitriles is 1. The summed E-state index contributed by atoms with van der Waals surface area (Å²) in [7, 11) is 0. The smallest absolute Gasteiger partial charge is 0.267 e. The van der Waals surface area contributed by atoms with Crippen molar-refractivity contribution in [1.29, 1.82) is 5.26 Å². The first-order valence-corrected chi connectivity index (χ1v) is 8.21. The number of rotatable bonds is 3. The minimum Gasteiger partial charge on any atom is -0.267 e. The lowest BCUT2D eigenvalue weighted by Gasteiger charge is -2.06. The molecule has 0 amide bonds. The summed E-state index contributed by atoms with van der Waals surface area (Å²) in [6.07, 6.45) is 1.84. The van der Waals surface area contributed by atoms with Gasteiger partial charge in [-0.3, -0.25) is 4.79 Å². The van der Waals surface area contributed by atoms with Gasteiger partial charge in [0, 0.05) is 11.1 Å². The lowest BCUT2D eigenvalue weighted by Crippen LogP contribution is -2.15. The van der Waals surface area contributed by atoms with Gasteiger partial charge in [0.25, 0.3) is 5.91 Å². The minimum atomic E-state index is -0.249. The number of carbonyl (C=O) groups is 1. The predicted octanol–water partition coefficient (Wildman–Crippen LogP) is 3.83. The van der Waals surface area contributed by atoms with Crippen LogP contribution < -0.4 is 0 Å². The molecule has 0 aliphatic rings. The van der Waals surface area contributed by atoms with Crippen LogP contribution in [-0.2, 0) is 0 Å². The van der Waals surface area contributed by atoms with E-state index in [9.17, 15) is 10.1 Å². The second-order valence-corrected chi connectivity index (χ2v) is 5.59. The number of nitrogens with zero attached hydrogens (tertiary/aromatic N) is 3. The van der Waals surface area contributed by atoms with Gasteiger partial charge in [0.1, 0.15) is 16.7 Å². The zero-order chi connectivity index (χ0) is 16.2. The van der Waals surface area contributed by atoms with Gasteiger partial charge in [-0.15, -0.1) is 11.8 Å². The van der Waals surface area contributed by atoms with E-state index in [0.29, 0.717) is 21.8 Å². The van der Waals surface area contributed by atoms with Crippen LogP contribution in [0.2, 0.25) is 0 Å². The van der Waals surface area contributed by atoms with Crippen LogP contribution in [0.1, 0.15) is 15.9 Å². The van der Waals surface area contributed by atoms with Crippen LogP contribution in [0.4, 0.5) is 0 Å². The molecule has 0 saturated carbocycles. The SMILES string of the molecule is CSc1nn(C(=O)c2ccccc2)c(-c2ccccc2)c1C#N. The fourth-order valence-corrected chi connectivity index (χ4v) is 2.86. The molecule has 0 N–H and O–H groups in total. The average molecular weight is 319 g/mol. The fraction of sp³-hybridized carbons (Fsp3) is 0.0556. The van der Waals surface area contributed by atoms with E-state index in [2.05, 4.69) is 11.2 Å². The quantitative estimate of drug-likeness (QED) is 0.688. The molecule has 0 atom stereocenters. The van der Waals surface area contributed by atoms with Crippen molar-refractivity contribution in [2.75, 3.05) is 6.26 Å². The first kappa shape index (κ1) is 15.1. The highest BCUT2D eigenvalue weighted by Crippen LogP contribution is 2.30. The highest BCUT2D eigenvalue weighted by molar-refractivity contribution is 7.98. The van der Waals surface area contributed by atoms with Gasteiger partial charge in [0.05, 0.1) is 5.69 Å². The Morgan fingerprint density at radius 2 is 1.70 bits per heavy atom. The van der Waals surface area contributed by atoms with Gasteiger partial charge < -0.3 is 0 Å². The van der Waals surface area contributed by atoms with Gasteiger partial charge in [-0.05, 0) is 18.4 Å². The van der Waals surface area contributed by atoms with Crippen LogP contribution >= 0.6 is 11.8 Å². The molecule has 5 heteroatoms.